The second-order valence-corrected chi connectivity index (χ2v) is 10.3. The second kappa shape index (κ2) is 11.2. The summed E-state index contributed by atoms with van der Waals surface area (Å²) in [6.07, 6.45) is 4.58. The van der Waals surface area contributed by atoms with E-state index in [0.717, 1.165) is 49.0 Å². The van der Waals surface area contributed by atoms with Crippen molar-refractivity contribution in [1.29, 1.82) is 0 Å². The highest BCUT2D eigenvalue weighted by molar-refractivity contribution is 6.30. The Morgan fingerprint density at radius 1 is 1.03 bits per heavy atom. The summed E-state index contributed by atoms with van der Waals surface area (Å²) < 4.78 is 5.18. The van der Waals surface area contributed by atoms with Crippen LogP contribution in [0.25, 0.3) is 0 Å². The summed E-state index contributed by atoms with van der Waals surface area (Å²) in [5, 5.41) is 4.99. The molecule has 5 rings (SSSR count). The zero-order valence-corrected chi connectivity index (χ0v) is 21.7. The third kappa shape index (κ3) is 5.37. The summed E-state index contributed by atoms with van der Waals surface area (Å²) in [7, 11) is 1.62. The molecule has 8 nitrogen and oxygen atoms in total. The fourth-order valence-corrected chi connectivity index (χ4v) is 5.82. The minimum Gasteiger partial charge on any atom is -0.497 e. The van der Waals surface area contributed by atoms with Gasteiger partial charge in [-0.05, 0) is 54.7 Å². The number of nitrogens with zero attached hydrogens (tertiary/aromatic N) is 2. The lowest BCUT2D eigenvalue weighted by atomic mass is 9.90. The van der Waals surface area contributed by atoms with Gasteiger partial charge in [-0.25, -0.2) is 0 Å². The molecule has 2 heterocycles. The number of amides is 3. The molecule has 3 amide bonds. The molecule has 37 heavy (non-hydrogen) atoms. The number of hydrogen-bond donors (Lipinski definition) is 1. The van der Waals surface area contributed by atoms with E-state index in [-0.39, 0.29) is 30.3 Å². The van der Waals surface area contributed by atoms with Crippen LogP contribution in [0, 0.1) is 5.92 Å². The summed E-state index contributed by atoms with van der Waals surface area (Å²) in [5.74, 6) is -0.643. The molecule has 1 saturated carbocycles. The monoisotopic (exact) mass is 525 g/mol. The van der Waals surface area contributed by atoms with E-state index in [4.69, 9.17) is 21.2 Å². The number of likely N-dealkylation sites (tertiary alicyclic amines) is 1. The highest BCUT2D eigenvalue weighted by atomic mass is 35.5. The van der Waals surface area contributed by atoms with Crippen molar-refractivity contribution >= 4 is 29.3 Å². The first-order valence-corrected chi connectivity index (χ1v) is 13.3. The van der Waals surface area contributed by atoms with Gasteiger partial charge >= 0.3 is 0 Å². The minimum atomic E-state index is -0.915. The number of methoxy groups -OCH3 is 1. The largest absolute Gasteiger partial charge is 0.497 e. The summed E-state index contributed by atoms with van der Waals surface area (Å²) in [5.41, 5.74) is 1.86. The first kappa shape index (κ1) is 25.7. The quantitative estimate of drug-likeness (QED) is 0.529. The fraction of sp³-hybridized carbons (Fsp3) is 0.464. The van der Waals surface area contributed by atoms with Crippen molar-refractivity contribution in [2.75, 3.05) is 20.2 Å². The SMILES string of the molecule is COc1ccc(CCNC(=O)CN2OC3C(=O)N(C4CCCCC4)C(=O)C3C2c2ccc(Cl)cc2)cc1. The van der Waals surface area contributed by atoms with Gasteiger partial charge < -0.3 is 10.1 Å². The Morgan fingerprint density at radius 3 is 2.41 bits per heavy atom. The maximum atomic E-state index is 13.6. The van der Waals surface area contributed by atoms with Crippen molar-refractivity contribution < 1.29 is 24.0 Å². The van der Waals surface area contributed by atoms with Crippen LogP contribution in [0.5, 0.6) is 5.75 Å². The van der Waals surface area contributed by atoms with E-state index in [9.17, 15) is 14.4 Å². The zero-order chi connectivity index (χ0) is 25.9. The lowest BCUT2D eigenvalue weighted by Gasteiger charge is -2.32. The number of carbonyl (C=O) groups excluding carboxylic acids is 3. The molecule has 1 N–H and O–H groups in total. The summed E-state index contributed by atoms with van der Waals surface area (Å²) in [4.78, 5) is 47.3. The fourth-order valence-electron chi connectivity index (χ4n) is 5.70. The first-order valence-electron chi connectivity index (χ1n) is 12.9. The molecule has 0 bridgehead atoms. The Balaban J connectivity index is 1.28. The van der Waals surface area contributed by atoms with Crippen LogP contribution >= 0.6 is 11.6 Å². The molecular formula is C28H32ClN3O5. The van der Waals surface area contributed by atoms with Crippen LogP contribution in [0.15, 0.2) is 48.5 Å². The standard InChI is InChI=1S/C28H32ClN3O5/c1-36-22-13-7-18(8-14-22)15-16-30-23(33)17-31-25(19-9-11-20(29)12-10-19)24-26(37-31)28(35)32(27(24)34)21-5-3-2-4-6-21/h7-14,21,24-26H,2-6,15-17H2,1H3,(H,30,33). The van der Waals surface area contributed by atoms with Gasteiger partial charge in [-0.2, -0.15) is 5.06 Å². The second-order valence-electron chi connectivity index (χ2n) is 9.91. The number of imide groups is 1. The van der Waals surface area contributed by atoms with Gasteiger partial charge in [-0.3, -0.25) is 24.1 Å². The molecule has 3 unspecified atom stereocenters. The van der Waals surface area contributed by atoms with Gasteiger partial charge in [0.2, 0.25) is 11.8 Å². The number of fused-ring (bicyclic) bond motifs is 1. The van der Waals surface area contributed by atoms with Gasteiger partial charge in [0.05, 0.1) is 19.1 Å². The molecule has 0 radical (unpaired) electrons. The Morgan fingerprint density at radius 2 is 1.73 bits per heavy atom. The predicted octanol–water partition coefficient (Wildman–Crippen LogP) is 3.68. The van der Waals surface area contributed by atoms with Gasteiger partial charge in [-0.1, -0.05) is 55.1 Å². The molecule has 2 aromatic carbocycles. The zero-order valence-electron chi connectivity index (χ0n) is 20.9. The van der Waals surface area contributed by atoms with E-state index >= 15 is 0 Å². The molecular weight excluding hydrogens is 494 g/mol. The van der Waals surface area contributed by atoms with Crippen LogP contribution in [-0.2, 0) is 25.6 Å². The molecule has 0 spiro atoms. The van der Waals surface area contributed by atoms with Crippen molar-refractivity contribution in [3.05, 3.63) is 64.7 Å². The van der Waals surface area contributed by atoms with Gasteiger partial charge in [0.1, 0.15) is 12.3 Å². The number of benzene rings is 2. The number of hydroxylamine groups is 2. The third-order valence-corrected chi connectivity index (χ3v) is 7.83. The van der Waals surface area contributed by atoms with Gasteiger partial charge in [0.15, 0.2) is 6.10 Å². The molecule has 1 aliphatic carbocycles. The molecule has 0 aromatic heterocycles. The molecule has 2 aliphatic heterocycles. The number of carbonyl (C=O) groups is 3. The van der Waals surface area contributed by atoms with Crippen molar-refractivity contribution in [1.82, 2.24) is 15.3 Å². The smallest absolute Gasteiger partial charge is 0.261 e. The number of rotatable bonds is 8. The molecule has 196 valence electrons. The van der Waals surface area contributed by atoms with Crippen LogP contribution < -0.4 is 10.1 Å². The van der Waals surface area contributed by atoms with E-state index in [1.807, 2.05) is 36.4 Å². The van der Waals surface area contributed by atoms with Gasteiger partial charge in [0.25, 0.3) is 5.91 Å². The van der Waals surface area contributed by atoms with Crippen LogP contribution in [0.3, 0.4) is 0 Å². The highest BCUT2D eigenvalue weighted by Crippen LogP contribution is 2.46. The Labute approximate surface area is 221 Å². The Bertz CT molecular complexity index is 1130. The van der Waals surface area contributed by atoms with Gasteiger partial charge in [0, 0.05) is 17.6 Å². The summed E-state index contributed by atoms with van der Waals surface area (Å²) in [6.45, 7) is 0.359. The normalized spacial score (nSPS) is 24.4. The van der Waals surface area contributed by atoms with Crippen molar-refractivity contribution in [2.45, 2.75) is 56.7 Å². The molecule has 9 heteroatoms. The molecule has 2 aromatic rings. The molecule has 3 aliphatic rings. The average Bonchev–Trinajstić information content (AvgIpc) is 3.39. The topological polar surface area (TPSA) is 88.2 Å². The number of ether oxygens (including phenoxy) is 1. The van der Waals surface area contributed by atoms with Crippen molar-refractivity contribution in [2.24, 2.45) is 5.92 Å². The maximum absolute atomic E-state index is 13.6. The maximum Gasteiger partial charge on any atom is 0.261 e. The van der Waals surface area contributed by atoms with E-state index in [1.165, 1.54) is 9.96 Å². The third-order valence-electron chi connectivity index (χ3n) is 7.57. The lowest BCUT2D eigenvalue weighted by molar-refractivity contribution is -0.183. The molecule has 2 saturated heterocycles. The summed E-state index contributed by atoms with van der Waals surface area (Å²) >= 11 is 6.11. The first-order chi connectivity index (χ1) is 18.0. The number of halogens is 1. The van der Waals surface area contributed by atoms with E-state index in [1.54, 1.807) is 19.2 Å². The predicted molar refractivity (Wildman–Crippen MR) is 138 cm³/mol. The lowest BCUT2D eigenvalue weighted by Crippen LogP contribution is -2.45. The number of hydrogen-bond acceptors (Lipinski definition) is 6. The molecule has 3 fully saturated rings. The van der Waals surface area contributed by atoms with Crippen molar-refractivity contribution in [3.8, 4) is 5.75 Å². The molecule has 3 atom stereocenters. The van der Waals surface area contributed by atoms with Crippen LogP contribution in [0.2, 0.25) is 5.02 Å². The minimum absolute atomic E-state index is 0.0662. The Hall–Kier alpha value is -2.94. The summed E-state index contributed by atoms with van der Waals surface area (Å²) in [6, 6.07) is 14.2. The Kier molecular flexibility index (Phi) is 7.79. The van der Waals surface area contributed by atoms with E-state index in [0.29, 0.717) is 18.0 Å². The van der Waals surface area contributed by atoms with Crippen LogP contribution in [-0.4, -0.2) is 60.0 Å². The van der Waals surface area contributed by atoms with E-state index < -0.39 is 18.1 Å². The number of nitrogens with one attached hydrogen (secondary N) is 1. The van der Waals surface area contributed by atoms with E-state index in [2.05, 4.69) is 5.32 Å². The van der Waals surface area contributed by atoms with Crippen LogP contribution in [0.4, 0.5) is 0 Å². The highest BCUT2D eigenvalue weighted by Gasteiger charge is 2.60. The average molecular weight is 526 g/mol. The van der Waals surface area contributed by atoms with Gasteiger partial charge in [-0.15, -0.1) is 0 Å². The van der Waals surface area contributed by atoms with Crippen LogP contribution in [0.1, 0.15) is 49.3 Å². The van der Waals surface area contributed by atoms with Crippen molar-refractivity contribution in [3.63, 3.8) is 0 Å².